The molecule has 2 heterocycles. The summed E-state index contributed by atoms with van der Waals surface area (Å²) in [5, 5.41) is 7.88. The molecule has 3 aromatic rings. The number of benzene rings is 1. The number of carbonyl (C=O) groups excluding carboxylic acids is 1. The number of hydrogen-bond acceptors (Lipinski definition) is 6. The van der Waals surface area contributed by atoms with Crippen LogP contribution in [0.4, 0.5) is 0 Å². The minimum absolute atomic E-state index is 0.0681. The lowest BCUT2D eigenvalue weighted by atomic mass is 10.1. The van der Waals surface area contributed by atoms with Crippen molar-refractivity contribution >= 4 is 16.8 Å². The molecule has 0 saturated heterocycles. The number of ether oxygens (including phenoxy) is 1. The molecular weight excluding hydrogens is 332 g/mol. The standard InChI is InChI=1S/C19H20N4O3/c1-25-18-10-14(13-8-4-5-9-15(13)21-18)19-22-16(23-26-19)11-17(24)20-12-6-2-3-7-12/h4-5,8-10,12H,2-3,6-7,11H2,1H3,(H,20,24). The third-order valence-corrected chi connectivity index (χ3v) is 4.64. The molecule has 0 atom stereocenters. The highest BCUT2D eigenvalue weighted by molar-refractivity contribution is 5.93. The summed E-state index contributed by atoms with van der Waals surface area (Å²) in [6.45, 7) is 0. The summed E-state index contributed by atoms with van der Waals surface area (Å²) in [6.07, 6.45) is 4.56. The summed E-state index contributed by atoms with van der Waals surface area (Å²) >= 11 is 0. The van der Waals surface area contributed by atoms with Crippen molar-refractivity contribution in [1.82, 2.24) is 20.4 Å². The molecular formula is C19H20N4O3. The number of fused-ring (bicyclic) bond motifs is 1. The topological polar surface area (TPSA) is 90.1 Å². The first-order valence-electron chi connectivity index (χ1n) is 8.79. The zero-order valence-electron chi connectivity index (χ0n) is 14.6. The molecule has 2 aromatic heterocycles. The first kappa shape index (κ1) is 16.5. The highest BCUT2D eigenvalue weighted by atomic mass is 16.5. The summed E-state index contributed by atoms with van der Waals surface area (Å²) < 4.78 is 10.7. The molecule has 1 amide bonds. The zero-order chi connectivity index (χ0) is 17.9. The highest BCUT2D eigenvalue weighted by Crippen LogP contribution is 2.29. The fourth-order valence-electron chi connectivity index (χ4n) is 3.36. The summed E-state index contributed by atoms with van der Waals surface area (Å²) in [7, 11) is 1.56. The second-order valence-corrected chi connectivity index (χ2v) is 6.47. The van der Waals surface area contributed by atoms with Crippen LogP contribution in [0.5, 0.6) is 5.88 Å². The van der Waals surface area contributed by atoms with E-state index in [0.717, 1.165) is 29.3 Å². The smallest absolute Gasteiger partial charge is 0.258 e. The number of hydrogen-bond donors (Lipinski definition) is 1. The molecule has 1 aromatic carbocycles. The van der Waals surface area contributed by atoms with Crippen molar-refractivity contribution in [1.29, 1.82) is 0 Å². The first-order chi connectivity index (χ1) is 12.7. The van der Waals surface area contributed by atoms with Crippen LogP contribution < -0.4 is 10.1 Å². The first-order valence-corrected chi connectivity index (χ1v) is 8.79. The number of amides is 1. The van der Waals surface area contributed by atoms with Gasteiger partial charge in [-0.2, -0.15) is 4.98 Å². The number of methoxy groups -OCH3 is 1. The van der Waals surface area contributed by atoms with Gasteiger partial charge in [-0.15, -0.1) is 0 Å². The Morgan fingerprint density at radius 2 is 2.08 bits per heavy atom. The molecule has 1 aliphatic rings. The van der Waals surface area contributed by atoms with Gasteiger partial charge >= 0.3 is 0 Å². The van der Waals surface area contributed by atoms with Crippen LogP contribution in [0.2, 0.25) is 0 Å². The average Bonchev–Trinajstić information content (AvgIpc) is 3.32. The van der Waals surface area contributed by atoms with E-state index in [1.54, 1.807) is 13.2 Å². The molecule has 0 radical (unpaired) electrons. The second kappa shape index (κ2) is 7.11. The van der Waals surface area contributed by atoms with E-state index in [1.165, 1.54) is 12.8 Å². The van der Waals surface area contributed by atoms with Crippen LogP contribution in [0.25, 0.3) is 22.4 Å². The van der Waals surface area contributed by atoms with Gasteiger partial charge in [0.05, 0.1) is 24.6 Å². The number of para-hydroxylation sites is 1. The molecule has 7 heteroatoms. The molecule has 1 aliphatic carbocycles. The molecule has 1 N–H and O–H groups in total. The van der Waals surface area contributed by atoms with Crippen LogP contribution in [0.3, 0.4) is 0 Å². The number of rotatable bonds is 5. The van der Waals surface area contributed by atoms with Crippen LogP contribution in [0.15, 0.2) is 34.9 Å². The Kier molecular flexibility index (Phi) is 4.51. The highest BCUT2D eigenvalue weighted by Gasteiger charge is 2.20. The average molecular weight is 352 g/mol. The van der Waals surface area contributed by atoms with E-state index in [-0.39, 0.29) is 18.4 Å². The van der Waals surface area contributed by atoms with Gasteiger partial charge in [0.2, 0.25) is 11.8 Å². The van der Waals surface area contributed by atoms with Gasteiger partial charge in [-0.1, -0.05) is 36.2 Å². The molecule has 134 valence electrons. The fraction of sp³-hybridized carbons (Fsp3) is 0.368. The van der Waals surface area contributed by atoms with Gasteiger partial charge in [-0.3, -0.25) is 4.79 Å². The van der Waals surface area contributed by atoms with Crippen LogP contribution in [-0.2, 0) is 11.2 Å². The summed E-state index contributed by atoms with van der Waals surface area (Å²) in [5.74, 6) is 1.12. The third kappa shape index (κ3) is 3.37. The number of nitrogens with zero attached hydrogens (tertiary/aromatic N) is 3. The summed E-state index contributed by atoms with van der Waals surface area (Å²) in [5.41, 5.74) is 1.52. The van der Waals surface area contributed by atoms with Gasteiger partial charge in [-0.05, 0) is 18.9 Å². The van der Waals surface area contributed by atoms with Gasteiger partial charge in [0.1, 0.15) is 0 Å². The SMILES string of the molecule is COc1cc(-c2nc(CC(=O)NC3CCCC3)no2)c2ccccc2n1. The summed E-state index contributed by atoms with van der Waals surface area (Å²) in [4.78, 5) is 21.0. The zero-order valence-corrected chi connectivity index (χ0v) is 14.6. The minimum Gasteiger partial charge on any atom is -0.481 e. The Bertz CT molecular complexity index is 931. The quantitative estimate of drug-likeness (QED) is 0.759. The fourth-order valence-corrected chi connectivity index (χ4v) is 3.36. The van der Waals surface area contributed by atoms with Crippen LogP contribution in [0.1, 0.15) is 31.5 Å². The van der Waals surface area contributed by atoms with E-state index >= 15 is 0 Å². The maximum Gasteiger partial charge on any atom is 0.258 e. The Hall–Kier alpha value is -2.96. The van der Waals surface area contributed by atoms with Gasteiger partial charge in [-0.25, -0.2) is 4.98 Å². The van der Waals surface area contributed by atoms with Crippen LogP contribution in [0, 0.1) is 0 Å². The van der Waals surface area contributed by atoms with Gasteiger partial charge in [0.25, 0.3) is 5.89 Å². The molecule has 1 fully saturated rings. The molecule has 0 unspecified atom stereocenters. The van der Waals surface area contributed by atoms with Crippen molar-refractivity contribution in [2.75, 3.05) is 7.11 Å². The normalized spacial score (nSPS) is 14.7. The maximum atomic E-state index is 12.2. The molecule has 0 bridgehead atoms. The maximum absolute atomic E-state index is 12.2. The molecule has 26 heavy (non-hydrogen) atoms. The van der Waals surface area contributed by atoms with Gasteiger partial charge < -0.3 is 14.6 Å². The van der Waals surface area contributed by atoms with E-state index in [9.17, 15) is 4.79 Å². The van der Waals surface area contributed by atoms with Gasteiger partial charge in [0, 0.05) is 17.5 Å². The predicted molar refractivity (Wildman–Crippen MR) is 95.7 cm³/mol. The van der Waals surface area contributed by atoms with Crippen molar-refractivity contribution < 1.29 is 14.1 Å². The predicted octanol–water partition coefficient (Wildman–Crippen LogP) is 2.89. The Morgan fingerprint density at radius 1 is 1.27 bits per heavy atom. The number of aromatic nitrogens is 3. The van der Waals surface area contributed by atoms with Crippen molar-refractivity contribution in [2.45, 2.75) is 38.1 Å². The van der Waals surface area contributed by atoms with Gasteiger partial charge in [0.15, 0.2) is 5.82 Å². The second-order valence-electron chi connectivity index (χ2n) is 6.47. The van der Waals surface area contributed by atoms with Crippen LogP contribution in [-0.4, -0.2) is 34.2 Å². The lowest BCUT2D eigenvalue weighted by molar-refractivity contribution is -0.121. The Morgan fingerprint density at radius 3 is 2.88 bits per heavy atom. The van der Waals surface area contributed by atoms with E-state index in [0.29, 0.717) is 17.6 Å². The van der Waals surface area contributed by atoms with E-state index in [4.69, 9.17) is 9.26 Å². The Labute approximate surface area is 150 Å². The van der Waals surface area contributed by atoms with Crippen molar-refractivity contribution in [2.24, 2.45) is 0 Å². The lowest BCUT2D eigenvalue weighted by Crippen LogP contribution is -2.33. The molecule has 1 saturated carbocycles. The lowest BCUT2D eigenvalue weighted by Gasteiger charge is -2.10. The van der Waals surface area contributed by atoms with E-state index < -0.39 is 0 Å². The van der Waals surface area contributed by atoms with E-state index in [1.807, 2.05) is 24.3 Å². The van der Waals surface area contributed by atoms with Crippen LogP contribution >= 0.6 is 0 Å². The number of carbonyl (C=O) groups is 1. The molecule has 7 nitrogen and oxygen atoms in total. The third-order valence-electron chi connectivity index (χ3n) is 4.64. The minimum atomic E-state index is -0.0681. The molecule has 0 spiro atoms. The van der Waals surface area contributed by atoms with Crippen molar-refractivity contribution in [3.63, 3.8) is 0 Å². The van der Waals surface area contributed by atoms with Crippen molar-refractivity contribution in [3.8, 4) is 17.3 Å². The summed E-state index contributed by atoms with van der Waals surface area (Å²) in [6, 6.07) is 9.71. The van der Waals surface area contributed by atoms with E-state index in [2.05, 4.69) is 20.4 Å². The molecule has 0 aliphatic heterocycles. The van der Waals surface area contributed by atoms with Crippen molar-refractivity contribution in [3.05, 3.63) is 36.2 Å². The number of nitrogens with one attached hydrogen (secondary N) is 1. The monoisotopic (exact) mass is 352 g/mol. The number of pyridine rings is 1. The largest absolute Gasteiger partial charge is 0.481 e. The Balaban J connectivity index is 1.57. The molecule has 4 rings (SSSR count).